The normalized spacial score (nSPS) is 26.4. The van der Waals surface area contributed by atoms with Crippen LogP contribution >= 0.6 is 0 Å². The molecule has 9 heteroatoms. The Labute approximate surface area is 211 Å². The molecule has 4 rings (SSSR count). The highest BCUT2D eigenvalue weighted by atomic mass is 16.2. The Balaban J connectivity index is 1.32. The smallest absolute Gasteiger partial charge is 0.290 e. The van der Waals surface area contributed by atoms with Gasteiger partial charge in [0, 0.05) is 13.1 Å². The van der Waals surface area contributed by atoms with Crippen LogP contribution in [-0.4, -0.2) is 65.4 Å². The van der Waals surface area contributed by atoms with Gasteiger partial charge in [-0.1, -0.05) is 49.6 Å². The molecule has 1 saturated carbocycles. The summed E-state index contributed by atoms with van der Waals surface area (Å²) in [6.07, 6.45) is 6.60. The van der Waals surface area contributed by atoms with Crippen molar-refractivity contribution in [1.82, 2.24) is 20.9 Å². The number of benzene rings is 1. The van der Waals surface area contributed by atoms with Crippen LogP contribution in [0.3, 0.4) is 0 Å². The number of hydrogen-bond acceptors (Lipinski definition) is 6. The molecule has 36 heavy (non-hydrogen) atoms. The van der Waals surface area contributed by atoms with E-state index in [1.165, 1.54) is 13.3 Å². The molecule has 1 aromatic rings. The number of hydrogen-bond donors (Lipinski definition) is 3. The van der Waals surface area contributed by atoms with Gasteiger partial charge in [-0.25, -0.2) is 0 Å². The summed E-state index contributed by atoms with van der Waals surface area (Å²) in [6.45, 7) is 2.79. The largest absolute Gasteiger partial charge is 0.345 e. The molecule has 1 aromatic carbocycles. The van der Waals surface area contributed by atoms with Gasteiger partial charge in [0.25, 0.3) is 11.8 Å². The molecular formula is C27H36N4O5. The van der Waals surface area contributed by atoms with Crippen molar-refractivity contribution in [3.05, 3.63) is 35.9 Å². The maximum Gasteiger partial charge on any atom is 0.290 e. The molecule has 194 valence electrons. The van der Waals surface area contributed by atoms with Gasteiger partial charge in [-0.15, -0.1) is 0 Å². The van der Waals surface area contributed by atoms with E-state index < -0.39 is 35.5 Å². The molecule has 0 bridgehead atoms. The highest BCUT2D eigenvalue weighted by Gasteiger charge is 2.45. The maximum atomic E-state index is 13.5. The molecule has 3 aliphatic rings. The molecule has 3 fully saturated rings. The van der Waals surface area contributed by atoms with Crippen molar-refractivity contribution >= 4 is 29.3 Å². The van der Waals surface area contributed by atoms with Crippen molar-refractivity contribution in [3.8, 4) is 0 Å². The van der Waals surface area contributed by atoms with Gasteiger partial charge >= 0.3 is 0 Å². The third-order valence-electron chi connectivity index (χ3n) is 7.86. The van der Waals surface area contributed by atoms with Crippen LogP contribution in [0.25, 0.3) is 0 Å². The molecule has 0 radical (unpaired) electrons. The number of rotatable bonds is 8. The molecule has 1 aliphatic carbocycles. The topological polar surface area (TPSA) is 125 Å². The van der Waals surface area contributed by atoms with E-state index in [-0.39, 0.29) is 24.4 Å². The highest BCUT2D eigenvalue weighted by molar-refractivity contribution is 6.42. The molecule has 5 atom stereocenters. The standard InChI is InChI=1S/C27H36N4O5/c1-17(23(32)25(34)29-16-18-8-3-2-4-9-18)30-26(35)24(33)21-12-7-15-31(21)27(36)22-20-11-6-5-10-19(20)13-14-28-22/h2-4,8-9,17,19-22,28H,5-7,10-16H2,1H3,(H,29,34)(H,30,35)/t17-,19+,20+,21-,22+/m0/s1. The first-order valence-corrected chi connectivity index (χ1v) is 13.1. The first-order chi connectivity index (χ1) is 17.4. The van der Waals surface area contributed by atoms with Gasteiger partial charge in [-0.2, -0.15) is 0 Å². The quantitative estimate of drug-likeness (QED) is 0.463. The summed E-state index contributed by atoms with van der Waals surface area (Å²) in [4.78, 5) is 65.5. The van der Waals surface area contributed by atoms with E-state index in [1.807, 2.05) is 30.3 Å². The first kappa shape index (κ1) is 26.0. The number of nitrogens with zero attached hydrogens (tertiary/aromatic N) is 1. The fraction of sp³-hybridized carbons (Fsp3) is 0.593. The Bertz CT molecular complexity index is 995. The van der Waals surface area contributed by atoms with Crippen LogP contribution in [0.15, 0.2) is 30.3 Å². The summed E-state index contributed by atoms with van der Waals surface area (Å²) in [5.74, 6) is -2.63. The average molecular weight is 497 g/mol. The molecule has 2 heterocycles. The summed E-state index contributed by atoms with van der Waals surface area (Å²) in [6, 6.07) is 6.83. The predicted molar refractivity (Wildman–Crippen MR) is 132 cm³/mol. The number of carbonyl (C=O) groups excluding carboxylic acids is 5. The van der Waals surface area contributed by atoms with Crippen LogP contribution < -0.4 is 16.0 Å². The number of likely N-dealkylation sites (tertiary alicyclic amines) is 1. The van der Waals surface area contributed by atoms with E-state index in [2.05, 4.69) is 16.0 Å². The number of fused-ring (bicyclic) bond motifs is 1. The van der Waals surface area contributed by atoms with Gasteiger partial charge in [0.15, 0.2) is 0 Å². The zero-order valence-electron chi connectivity index (χ0n) is 20.8. The van der Waals surface area contributed by atoms with Gasteiger partial charge in [0.05, 0.1) is 12.1 Å². The van der Waals surface area contributed by atoms with Crippen molar-refractivity contribution in [2.45, 2.75) is 76.5 Å². The Morgan fingerprint density at radius 3 is 2.50 bits per heavy atom. The number of nitrogens with one attached hydrogen (secondary N) is 3. The molecule has 3 N–H and O–H groups in total. The third kappa shape index (κ3) is 5.83. The van der Waals surface area contributed by atoms with Crippen LogP contribution in [0.4, 0.5) is 0 Å². The summed E-state index contributed by atoms with van der Waals surface area (Å²) in [7, 11) is 0. The summed E-state index contributed by atoms with van der Waals surface area (Å²) in [5.41, 5.74) is 0.837. The lowest BCUT2D eigenvalue weighted by atomic mass is 9.71. The average Bonchev–Trinajstić information content (AvgIpc) is 3.40. The predicted octanol–water partition coefficient (Wildman–Crippen LogP) is 1.11. The van der Waals surface area contributed by atoms with Crippen LogP contribution in [0, 0.1) is 11.8 Å². The van der Waals surface area contributed by atoms with Crippen LogP contribution in [0.2, 0.25) is 0 Å². The SMILES string of the molecule is C[C@H](NC(=O)C(=O)[C@@H]1CCCN1C(=O)[C@@H]1NCC[C@H]2CCCC[C@H]21)C(=O)C(=O)NCc1ccccc1. The Morgan fingerprint density at radius 1 is 0.972 bits per heavy atom. The van der Waals surface area contributed by atoms with Crippen molar-refractivity contribution in [2.24, 2.45) is 11.8 Å². The van der Waals surface area contributed by atoms with Crippen LogP contribution in [0.5, 0.6) is 0 Å². The van der Waals surface area contributed by atoms with Gasteiger partial charge < -0.3 is 20.9 Å². The van der Waals surface area contributed by atoms with Crippen molar-refractivity contribution < 1.29 is 24.0 Å². The second kappa shape index (κ2) is 11.8. The lowest BCUT2D eigenvalue weighted by molar-refractivity contribution is -0.147. The molecule has 0 unspecified atom stereocenters. The summed E-state index contributed by atoms with van der Waals surface area (Å²) in [5, 5.41) is 8.28. The molecule has 3 amide bonds. The van der Waals surface area contributed by atoms with Crippen LogP contribution in [-0.2, 0) is 30.5 Å². The van der Waals surface area contributed by atoms with E-state index in [9.17, 15) is 24.0 Å². The van der Waals surface area contributed by atoms with Crippen molar-refractivity contribution in [1.29, 1.82) is 0 Å². The molecule has 2 aliphatic heterocycles. The molecular weight excluding hydrogens is 460 g/mol. The second-order valence-electron chi connectivity index (χ2n) is 10.2. The fourth-order valence-corrected chi connectivity index (χ4v) is 5.91. The monoisotopic (exact) mass is 496 g/mol. The van der Waals surface area contributed by atoms with Gasteiger partial charge in [0.1, 0.15) is 6.04 Å². The van der Waals surface area contributed by atoms with Gasteiger partial charge in [-0.05, 0) is 56.6 Å². The minimum atomic E-state index is -1.16. The number of carbonyl (C=O) groups is 5. The zero-order valence-corrected chi connectivity index (χ0v) is 20.8. The van der Waals surface area contributed by atoms with Crippen LogP contribution in [0.1, 0.15) is 57.4 Å². The van der Waals surface area contributed by atoms with Crippen molar-refractivity contribution in [3.63, 3.8) is 0 Å². The fourth-order valence-electron chi connectivity index (χ4n) is 5.91. The number of amides is 3. The molecule has 0 aromatic heterocycles. The lowest BCUT2D eigenvalue weighted by Gasteiger charge is -2.42. The number of piperidine rings is 1. The van der Waals surface area contributed by atoms with E-state index in [0.29, 0.717) is 25.3 Å². The minimum Gasteiger partial charge on any atom is -0.345 e. The Kier molecular flexibility index (Phi) is 8.51. The van der Waals surface area contributed by atoms with Gasteiger partial charge in [0.2, 0.25) is 17.5 Å². The van der Waals surface area contributed by atoms with E-state index in [4.69, 9.17) is 0 Å². The van der Waals surface area contributed by atoms with E-state index >= 15 is 0 Å². The van der Waals surface area contributed by atoms with E-state index in [0.717, 1.165) is 37.8 Å². The highest BCUT2D eigenvalue weighted by Crippen LogP contribution is 2.38. The Hall–Kier alpha value is -3.07. The molecule has 9 nitrogen and oxygen atoms in total. The lowest BCUT2D eigenvalue weighted by Crippen LogP contribution is -2.59. The van der Waals surface area contributed by atoms with Crippen molar-refractivity contribution in [2.75, 3.05) is 13.1 Å². The Morgan fingerprint density at radius 2 is 1.72 bits per heavy atom. The minimum absolute atomic E-state index is 0.0975. The molecule has 2 saturated heterocycles. The second-order valence-corrected chi connectivity index (χ2v) is 10.2. The maximum absolute atomic E-state index is 13.5. The number of Topliss-reactive ketones (excluding diaryl/α,β-unsaturated/α-hetero) is 2. The third-order valence-corrected chi connectivity index (χ3v) is 7.86. The summed E-state index contributed by atoms with van der Waals surface area (Å²) < 4.78 is 0. The van der Waals surface area contributed by atoms with Gasteiger partial charge in [-0.3, -0.25) is 24.0 Å². The number of ketones is 2. The zero-order chi connectivity index (χ0) is 25.7. The summed E-state index contributed by atoms with van der Waals surface area (Å²) >= 11 is 0. The van der Waals surface area contributed by atoms with E-state index in [1.54, 1.807) is 4.90 Å². The first-order valence-electron chi connectivity index (χ1n) is 13.1. The molecule has 0 spiro atoms.